The van der Waals surface area contributed by atoms with Gasteiger partial charge >= 0.3 is 5.97 Å². The minimum Gasteiger partial charge on any atom is -0.477 e. The van der Waals surface area contributed by atoms with E-state index in [0.29, 0.717) is 16.5 Å². The maximum Gasteiger partial charge on any atom is 0.347 e. The Labute approximate surface area is 162 Å². The molecule has 1 amide bonds. The Balaban J connectivity index is 1.85. The number of hydrogen-bond donors (Lipinski definition) is 1. The molecule has 0 aromatic heterocycles. The first-order valence-corrected chi connectivity index (χ1v) is 8.67. The third kappa shape index (κ3) is 5.64. The van der Waals surface area contributed by atoms with Crippen molar-refractivity contribution < 1.29 is 19.1 Å². The topological polar surface area (TPSA) is 64.6 Å². The Hall–Kier alpha value is -2.24. The van der Waals surface area contributed by atoms with E-state index < -0.39 is 24.6 Å². The summed E-state index contributed by atoms with van der Waals surface area (Å²) >= 11 is 11.8. The van der Waals surface area contributed by atoms with Crippen LogP contribution in [-0.2, 0) is 14.3 Å². The molecule has 0 spiro atoms. The fourth-order valence-electron chi connectivity index (χ4n) is 2.20. The SMILES string of the molecule is Cc1ccc(NC(=O)COC(=O)[C@H](C)Oc2ccc(Cl)cc2Cl)c(C)c1. The van der Waals surface area contributed by atoms with Crippen LogP contribution in [-0.4, -0.2) is 24.6 Å². The van der Waals surface area contributed by atoms with Gasteiger partial charge in [-0.2, -0.15) is 0 Å². The molecule has 5 nitrogen and oxygen atoms in total. The summed E-state index contributed by atoms with van der Waals surface area (Å²) in [5.41, 5.74) is 2.70. The molecular formula is C19H19Cl2NO4. The number of nitrogens with one attached hydrogen (secondary N) is 1. The lowest BCUT2D eigenvalue weighted by Gasteiger charge is -2.15. The van der Waals surface area contributed by atoms with Crippen molar-refractivity contribution in [2.45, 2.75) is 26.9 Å². The van der Waals surface area contributed by atoms with Crippen molar-refractivity contribution >= 4 is 40.8 Å². The second-order valence-electron chi connectivity index (χ2n) is 5.81. The third-order valence-electron chi connectivity index (χ3n) is 3.53. The molecule has 138 valence electrons. The van der Waals surface area contributed by atoms with Gasteiger partial charge in [-0.05, 0) is 50.6 Å². The molecule has 1 N–H and O–H groups in total. The first kappa shape index (κ1) is 20.1. The number of hydrogen-bond acceptors (Lipinski definition) is 4. The Morgan fingerprint density at radius 2 is 1.85 bits per heavy atom. The largest absolute Gasteiger partial charge is 0.477 e. The van der Waals surface area contributed by atoms with Gasteiger partial charge in [0.1, 0.15) is 5.75 Å². The van der Waals surface area contributed by atoms with Crippen LogP contribution in [0.2, 0.25) is 10.0 Å². The zero-order valence-electron chi connectivity index (χ0n) is 14.6. The first-order valence-electron chi connectivity index (χ1n) is 7.91. The van der Waals surface area contributed by atoms with Crippen molar-refractivity contribution in [1.29, 1.82) is 0 Å². The monoisotopic (exact) mass is 395 g/mol. The molecule has 0 aliphatic carbocycles. The van der Waals surface area contributed by atoms with E-state index in [2.05, 4.69) is 5.32 Å². The Kier molecular flexibility index (Phi) is 6.89. The van der Waals surface area contributed by atoms with Crippen LogP contribution in [0.15, 0.2) is 36.4 Å². The fraction of sp³-hybridized carbons (Fsp3) is 0.263. The molecule has 1 atom stereocenters. The molecule has 0 heterocycles. The maximum absolute atomic E-state index is 12.0. The number of amides is 1. The van der Waals surface area contributed by atoms with Gasteiger partial charge in [0.2, 0.25) is 0 Å². The number of rotatable bonds is 6. The highest BCUT2D eigenvalue weighted by Gasteiger charge is 2.19. The Bertz CT molecular complexity index is 823. The lowest BCUT2D eigenvalue weighted by atomic mass is 10.1. The summed E-state index contributed by atoms with van der Waals surface area (Å²) < 4.78 is 10.4. The van der Waals surface area contributed by atoms with Crippen molar-refractivity contribution in [1.82, 2.24) is 0 Å². The standard InChI is InChI=1S/C19H19Cl2NO4/c1-11-4-6-16(12(2)8-11)22-18(23)10-25-19(24)13(3)26-17-7-5-14(20)9-15(17)21/h4-9,13H,10H2,1-3H3,(H,22,23)/t13-/m0/s1. The summed E-state index contributed by atoms with van der Waals surface area (Å²) in [5.74, 6) is -0.797. The van der Waals surface area contributed by atoms with Crippen LogP contribution in [0.1, 0.15) is 18.1 Å². The molecular weight excluding hydrogens is 377 g/mol. The quantitative estimate of drug-likeness (QED) is 0.728. The lowest BCUT2D eigenvalue weighted by molar-refractivity contribution is -0.153. The van der Waals surface area contributed by atoms with E-state index in [0.717, 1.165) is 11.1 Å². The molecule has 0 saturated carbocycles. The predicted octanol–water partition coefficient (Wildman–Crippen LogP) is 4.56. The van der Waals surface area contributed by atoms with Gasteiger partial charge in [0, 0.05) is 10.7 Å². The number of aryl methyl sites for hydroxylation is 2. The van der Waals surface area contributed by atoms with Crippen molar-refractivity contribution in [3.8, 4) is 5.75 Å². The lowest BCUT2D eigenvalue weighted by Crippen LogP contribution is -2.30. The van der Waals surface area contributed by atoms with Gasteiger partial charge < -0.3 is 14.8 Å². The molecule has 0 saturated heterocycles. The van der Waals surface area contributed by atoms with Crippen LogP contribution in [0.3, 0.4) is 0 Å². The zero-order valence-corrected chi connectivity index (χ0v) is 16.1. The molecule has 2 aromatic carbocycles. The van der Waals surface area contributed by atoms with Crippen LogP contribution < -0.4 is 10.1 Å². The molecule has 7 heteroatoms. The normalized spacial score (nSPS) is 11.6. The highest BCUT2D eigenvalue weighted by atomic mass is 35.5. The second kappa shape index (κ2) is 8.92. The number of carbonyl (C=O) groups excluding carboxylic acids is 2. The third-order valence-corrected chi connectivity index (χ3v) is 4.06. The summed E-state index contributed by atoms with van der Waals surface area (Å²) in [4.78, 5) is 24.0. The molecule has 0 fully saturated rings. The van der Waals surface area contributed by atoms with Crippen molar-refractivity contribution in [3.05, 3.63) is 57.6 Å². The van der Waals surface area contributed by atoms with Crippen molar-refractivity contribution in [2.24, 2.45) is 0 Å². The predicted molar refractivity (Wildman–Crippen MR) is 102 cm³/mol. The number of carbonyl (C=O) groups is 2. The van der Waals surface area contributed by atoms with Crippen molar-refractivity contribution in [2.75, 3.05) is 11.9 Å². The highest BCUT2D eigenvalue weighted by molar-refractivity contribution is 6.35. The van der Waals surface area contributed by atoms with E-state index in [-0.39, 0.29) is 5.02 Å². The van der Waals surface area contributed by atoms with E-state index in [4.69, 9.17) is 32.7 Å². The summed E-state index contributed by atoms with van der Waals surface area (Å²) in [6, 6.07) is 10.3. The number of anilines is 1. The van der Waals surface area contributed by atoms with Gasteiger partial charge in [-0.25, -0.2) is 4.79 Å². The average molecular weight is 396 g/mol. The molecule has 2 aromatic rings. The molecule has 0 aliphatic heterocycles. The van der Waals surface area contributed by atoms with E-state index in [1.165, 1.54) is 13.0 Å². The summed E-state index contributed by atoms with van der Waals surface area (Å²) in [7, 11) is 0. The summed E-state index contributed by atoms with van der Waals surface area (Å²) in [6.07, 6.45) is -0.928. The van der Waals surface area contributed by atoms with Gasteiger partial charge in [0.15, 0.2) is 12.7 Å². The fourth-order valence-corrected chi connectivity index (χ4v) is 2.66. The molecule has 0 radical (unpaired) electrons. The molecule has 0 bridgehead atoms. The number of esters is 1. The van der Waals surface area contributed by atoms with Gasteiger partial charge in [0.05, 0.1) is 5.02 Å². The molecule has 0 aliphatic rings. The Morgan fingerprint density at radius 3 is 2.50 bits per heavy atom. The summed E-state index contributed by atoms with van der Waals surface area (Å²) in [5, 5.41) is 3.45. The van der Waals surface area contributed by atoms with Crippen LogP contribution >= 0.6 is 23.2 Å². The number of ether oxygens (including phenoxy) is 2. The molecule has 26 heavy (non-hydrogen) atoms. The smallest absolute Gasteiger partial charge is 0.347 e. The number of halogens is 2. The number of benzene rings is 2. The van der Waals surface area contributed by atoms with Crippen LogP contribution in [0.5, 0.6) is 5.75 Å². The van der Waals surface area contributed by atoms with Crippen LogP contribution in [0, 0.1) is 13.8 Å². The second-order valence-corrected chi connectivity index (χ2v) is 6.65. The molecule has 2 rings (SSSR count). The minimum absolute atomic E-state index is 0.282. The van der Waals surface area contributed by atoms with Gasteiger partial charge in [-0.3, -0.25) is 4.79 Å². The van der Waals surface area contributed by atoms with Crippen LogP contribution in [0.4, 0.5) is 5.69 Å². The average Bonchev–Trinajstić information content (AvgIpc) is 2.57. The zero-order chi connectivity index (χ0) is 19.3. The van der Waals surface area contributed by atoms with Gasteiger partial charge in [-0.15, -0.1) is 0 Å². The van der Waals surface area contributed by atoms with E-state index in [1.54, 1.807) is 18.2 Å². The van der Waals surface area contributed by atoms with Crippen molar-refractivity contribution in [3.63, 3.8) is 0 Å². The molecule has 0 unspecified atom stereocenters. The van der Waals surface area contributed by atoms with Gasteiger partial charge in [0.25, 0.3) is 5.91 Å². The maximum atomic E-state index is 12.0. The van der Waals surface area contributed by atoms with E-state index in [1.807, 2.05) is 26.0 Å². The van der Waals surface area contributed by atoms with Gasteiger partial charge in [-0.1, -0.05) is 40.9 Å². The van der Waals surface area contributed by atoms with E-state index in [9.17, 15) is 9.59 Å². The van der Waals surface area contributed by atoms with Crippen LogP contribution in [0.25, 0.3) is 0 Å². The Morgan fingerprint density at radius 1 is 1.12 bits per heavy atom. The van der Waals surface area contributed by atoms with E-state index >= 15 is 0 Å². The highest BCUT2D eigenvalue weighted by Crippen LogP contribution is 2.28. The minimum atomic E-state index is -0.928. The first-order chi connectivity index (χ1) is 12.3. The summed E-state index contributed by atoms with van der Waals surface area (Å²) in [6.45, 7) is 4.96.